The molecule has 2 atom stereocenters. The molecule has 0 aliphatic carbocycles. The number of pyridine rings is 1. The maximum Gasteiger partial charge on any atom is 0.0841 e. The summed E-state index contributed by atoms with van der Waals surface area (Å²) in [7, 11) is 0. The molecule has 1 aromatic carbocycles. The topological polar surface area (TPSA) is 25.4 Å². The van der Waals surface area contributed by atoms with Crippen molar-refractivity contribution in [3.05, 3.63) is 41.6 Å². The fraction of sp³-hybridized carbons (Fsp3) is 0.471. The SMILES string of the molecule is Cc1cc(CN2CC(C)OC(CCl)C2)c2ccccc2n1. The molecule has 0 spiro atoms. The van der Waals surface area contributed by atoms with Crippen LogP contribution >= 0.6 is 11.6 Å². The number of para-hydroxylation sites is 1. The number of alkyl halides is 1. The first-order valence-electron chi connectivity index (χ1n) is 7.44. The van der Waals surface area contributed by atoms with Crippen molar-refractivity contribution in [3.8, 4) is 0 Å². The number of rotatable bonds is 3. The predicted octanol–water partition coefficient (Wildman–Crippen LogP) is 3.37. The van der Waals surface area contributed by atoms with E-state index in [1.165, 1.54) is 10.9 Å². The molecule has 112 valence electrons. The van der Waals surface area contributed by atoms with Crippen molar-refractivity contribution in [2.45, 2.75) is 32.6 Å². The van der Waals surface area contributed by atoms with E-state index in [0.29, 0.717) is 5.88 Å². The van der Waals surface area contributed by atoms with Gasteiger partial charge >= 0.3 is 0 Å². The van der Waals surface area contributed by atoms with Gasteiger partial charge in [0.05, 0.1) is 17.7 Å². The summed E-state index contributed by atoms with van der Waals surface area (Å²) in [5.74, 6) is 0.553. The Kier molecular flexibility index (Phi) is 4.43. The molecular formula is C17H21ClN2O. The molecule has 3 rings (SSSR count). The first-order chi connectivity index (χ1) is 10.2. The van der Waals surface area contributed by atoms with Crippen LogP contribution in [0.3, 0.4) is 0 Å². The number of nitrogens with zero attached hydrogens (tertiary/aromatic N) is 2. The Morgan fingerprint density at radius 3 is 2.95 bits per heavy atom. The number of aromatic nitrogens is 1. The molecule has 0 radical (unpaired) electrons. The largest absolute Gasteiger partial charge is 0.371 e. The number of morpholine rings is 1. The maximum absolute atomic E-state index is 5.97. The van der Waals surface area contributed by atoms with Gasteiger partial charge in [-0.05, 0) is 31.5 Å². The Labute approximate surface area is 130 Å². The smallest absolute Gasteiger partial charge is 0.0841 e. The lowest BCUT2D eigenvalue weighted by Gasteiger charge is -2.36. The van der Waals surface area contributed by atoms with Crippen molar-refractivity contribution in [2.75, 3.05) is 19.0 Å². The van der Waals surface area contributed by atoms with E-state index in [2.05, 4.69) is 48.0 Å². The third-order valence-corrected chi connectivity index (χ3v) is 4.24. The minimum atomic E-state index is 0.129. The molecule has 1 aromatic heterocycles. The molecule has 21 heavy (non-hydrogen) atoms. The molecular weight excluding hydrogens is 284 g/mol. The number of halogens is 1. The molecule has 2 heterocycles. The normalized spacial score (nSPS) is 23.6. The number of aryl methyl sites for hydroxylation is 1. The van der Waals surface area contributed by atoms with Gasteiger partial charge < -0.3 is 4.74 Å². The van der Waals surface area contributed by atoms with Gasteiger partial charge in [-0.1, -0.05) is 18.2 Å². The number of hydrogen-bond acceptors (Lipinski definition) is 3. The summed E-state index contributed by atoms with van der Waals surface area (Å²) < 4.78 is 5.83. The molecule has 0 saturated carbocycles. The lowest BCUT2D eigenvalue weighted by Crippen LogP contribution is -2.46. The van der Waals surface area contributed by atoms with Gasteiger partial charge in [0.15, 0.2) is 0 Å². The predicted molar refractivity (Wildman–Crippen MR) is 86.8 cm³/mol. The van der Waals surface area contributed by atoms with E-state index >= 15 is 0 Å². The number of fused-ring (bicyclic) bond motifs is 1. The Bertz CT molecular complexity index is 631. The van der Waals surface area contributed by atoms with Gasteiger partial charge in [-0.15, -0.1) is 11.6 Å². The van der Waals surface area contributed by atoms with Crippen LogP contribution in [-0.4, -0.2) is 41.1 Å². The average Bonchev–Trinajstić information content (AvgIpc) is 2.46. The highest BCUT2D eigenvalue weighted by molar-refractivity contribution is 6.18. The van der Waals surface area contributed by atoms with Crippen LogP contribution in [0.1, 0.15) is 18.2 Å². The fourth-order valence-electron chi connectivity index (χ4n) is 3.12. The standard InChI is InChI=1S/C17H21ClN2O/c1-12-7-14(16-5-3-4-6-17(16)19-12)10-20-9-13(2)21-15(8-18)11-20/h3-7,13,15H,8-11H2,1-2H3. The number of hydrogen-bond donors (Lipinski definition) is 0. The van der Waals surface area contributed by atoms with Crippen LogP contribution < -0.4 is 0 Å². The summed E-state index contributed by atoms with van der Waals surface area (Å²) in [6.45, 7) is 6.93. The van der Waals surface area contributed by atoms with E-state index in [4.69, 9.17) is 16.3 Å². The Morgan fingerprint density at radius 2 is 2.14 bits per heavy atom. The van der Waals surface area contributed by atoms with Crippen molar-refractivity contribution >= 4 is 22.5 Å². The molecule has 0 bridgehead atoms. The highest BCUT2D eigenvalue weighted by Gasteiger charge is 2.25. The zero-order chi connectivity index (χ0) is 14.8. The molecule has 2 aromatic rings. The first kappa shape index (κ1) is 14.8. The fourth-order valence-corrected chi connectivity index (χ4v) is 3.29. The molecule has 4 heteroatoms. The van der Waals surface area contributed by atoms with Gasteiger partial charge in [0.25, 0.3) is 0 Å². The quantitative estimate of drug-likeness (QED) is 0.813. The summed E-state index contributed by atoms with van der Waals surface area (Å²) in [4.78, 5) is 7.04. The lowest BCUT2D eigenvalue weighted by molar-refractivity contribution is -0.0687. The van der Waals surface area contributed by atoms with Crippen molar-refractivity contribution in [3.63, 3.8) is 0 Å². The Morgan fingerprint density at radius 1 is 1.33 bits per heavy atom. The van der Waals surface area contributed by atoms with E-state index in [0.717, 1.165) is 30.8 Å². The summed E-state index contributed by atoms with van der Waals surface area (Å²) in [6, 6.07) is 10.5. The minimum Gasteiger partial charge on any atom is -0.371 e. The molecule has 2 unspecified atom stereocenters. The molecule has 3 nitrogen and oxygen atoms in total. The zero-order valence-corrected chi connectivity index (χ0v) is 13.3. The second-order valence-corrected chi connectivity index (χ2v) is 6.17. The van der Waals surface area contributed by atoms with Crippen LogP contribution in [0.25, 0.3) is 10.9 Å². The van der Waals surface area contributed by atoms with Crippen LogP contribution in [0, 0.1) is 6.92 Å². The monoisotopic (exact) mass is 304 g/mol. The molecule has 1 aliphatic rings. The van der Waals surface area contributed by atoms with Crippen molar-refractivity contribution in [1.82, 2.24) is 9.88 Å². The van der Waals surface area contributed by atoms with Crippen LogP contribution in [0.2, 0.25) is 0 Å². The molecule has 0 N–H and O–H groups in total. The van der Waals surface area contributed by atoms with E-state index in [-0.39, 0.29) is 12.2 Å². The van der Waals surface area contributed by atoms with E-state index in [1.807, 2.05) is 6.07 Å². The summed E-state index contributed by atoms with van der Waals surface area (Å²) in [5.41, 5.74) is 3.47. The maximum atomic E-state index is 5.97. The Balaban J connectivity index is 1.87. The average molecular weight is 305 g/mol. The van der Waals surface area contributed by atoms with Crippen molar-refractivity contribution < 1.29 is 4.74 Å². The molecule has 0 amide bonds. The van der Waals surface area contributed by atoms with Crippen LogP contribution in [0.15, 0.2) is 30.3 Å². The molecule has 1 aliphatic heterocycles. The zero-order valence-electron chi connectivity index (χ0n) is 12.6. The van der Waals surface area contributed by atoms with Crippen molar-refractivity contribution in [1.29, 1.82) is 0 Å². The van der Waals surface area contributed by atoms with Gasteiger partial charge in [0.1, 0.15) is 0 Å². The van der Waals surface area contributed by atoms with E-state index < -0.39 is 0 Å². The van der Waals surface area contributed by atoms with Gasteiger partial charge in [0.2, 0.25) is 0 Å². The van der Waals surface area contributed by atoms with Crippen LogP contribution in [0.5, 0.6) is 0 Å². The number of benzene rings is 1. The van der Waals surface area contributed by atoms with Crippen molar-refractivity contribution in [2.24, 2.45) is 0 Å². The summed E-state index contributed by atoms with van der Waals surface area (Å²) >= 11 is 5.97. The molecule has 1 saturated heterocycles. The van der Waals surface area contributed by atoms with E-state index in [1.54, 1.807) is 0 Å². The van der Waals surface area contributed by atoms with Crippen LogP contribution in [-0.2, 0) is 11.3 Å². The van der Waals surface area contributed by atoms with Gasteiger partial charge in [-0.3, -0.25) is 9.88 Å². The third kappa shape index (κ3) is 3.37. The highest BCUT2D eigenvalue weighted by atomic mass is 35.5. The Hall–Kier alpha value is -1.16. The number of ether oxygens (including phenoxy) is 1. The second-order valence-electron chi connectivity index (χ2n) is 5.86. The molecule has 1 fully saturated rings. The second kappa shape index (κ2) is 6.30. The third-order valence-electron chi connectivity index (χ3n) is 3.90. The lowest BCUT2D eigenvalue weighted by atomic mass is 10.1. The van der Waals surface area contributed by atoms with Gasteiger partial charge in [-0.25, -0.2) is 0 Å². The minimum absolute atomic E-state index is 0.129. The van der Waals surface area contributed by atoms with Crippen LogP contribution in [0.4, 0.5) is 0 Å². The first-order valence-corrected chi connectivity index (χ1v) is 7.98. The highest BCUT2D eigenvalue weighted by Crippen LogP contribution is 2.22. The van der Waals surface area contributed by atoms with Gasteiger partial charge in [0, 0.05) is 36.6 Å². The summed E-state index contributed by atoms with van der Waals surface area (Å²) in [6.07, 6.45) is 0.362. The van der Waals surface area contributed by atoms with E-state index in [9.17, 15) is 0 Å². The summed E-state index contributed by atoms with van der Waals surface area (Å²) in [5, 5.41) is 1.24. The van der Waals surface area contributed by atoms with Gasteiger partial charge in [-0.2, -0.15) is 0 Å².